The minimum atomic E-state index is -0.301. The van der Waals surface area contributed by atoms with E-state index < -0.39 is 0 Å². The number of imidazole rings is 1. The van der Waals surface area contributed by atoms with Gasteiger partial charge >= 0.3 is 0 Å². The second-order valence-corrected chi connectivity index (χ2v) is 5.49. The van der Waals surface area contributed by atoms with Gasteiger partial charge in [0, 0.05) is 5.56 Å². The highest BCUT2D eigenvalue weighted by molar-refractivity contribution is 6.06. The molecule has 3 N–H and O–H groups in total. The zero-order chi connectivity index (χ0) is 17.1. The van der Waals surface area contributed by atoms with Crippen LogP contribution in [0.5, 0.6) is 0 Å². The fourth-order valence-corrected chi connectivity index (χ4v) is 2.62. The smallest absolute Gasteiger partial charge is 0.276 e. The van der Waals surface area contributed by atoms with Crippen molar-refractivity contribution in [3.05, 3.63) is 78.8 Å². The number of nitrogens with zero attached hydrogens (tertiary/aromatic N) is 2. The Bertz CT molecular complexity index is 989. The van der Waals surface area contributed by atoms with Crippen LogP contribution in [-0.2, 0) is 0 Å². The molecule has 0 saturated heterocycles. The molecular weight excluding hydrogens is 314 g/mol. The van der Waals surface area contributed by atoms with Crippen LogP contribution in [-0.4, -0.2) is 26.1 Å². The fraction of sp³-hybridized carbons (Fsp3) is 0. The van der Waals surface area contributed by atoms with Gasteiger partial charge in [-0.15, -0.1) is 0 Å². The molecule has 0 atom stereocenters. The SMILES string of the molecule is O=C(Nc1ncc(-c2ccccc2)[nH]1)c1[nH]ncc1-c1ccccc1. The summed E-state index contributed by atoms with van der Waals surface area (Å²) in [7, 11) is 0. The van der Waals surface area contributed by atoms with E-state index in [0.717, 1.165) is 22.4 Å². The number of carbonyl (C=O) groups excluding carboxylic acids is 1. The third-order valence-corrected chi connectivity index (χ3v) is 3.84. The number of anilines is 1. The normalized spacial score (nSPS) is 10.6. The van der Waals surface area contributed by atoms with Gasteiger partial charge in [-0.3, -0.25) is 15.2 Å². The average molecular weight is 329 g/mol. The molecular formula is C19H15N5O. The highest BCUT2D eigenvalue weighted by Crippen LogP contribution is 2.23. The van der Waals surface area contributed by atoms with Crippen LogP contribution in [0, 0.1) is 0 Å². The molecule has 0 aliphatic rings. The van der Waals surface area contributed by atoms with Crippen molar-refractivity contribution in [3.8, 4) is 22.4 Å². The molecule has 2 heterocycles. The maximum atomic E-state index is 12.6. The maximum Gasteiger partial charge on any atom is 0.276 e. The van der Waals surface area contributed by atoms with Crippen molar-refractivity contribution in [3.63, 3.8) is 0 Å². The van der Waals surface area contributed by atoms with Crippen LogP contribution in [0.1, 0.15) is 10.5 Å². The number of aromatic nitrogens is 4. The van der Waals surface area contributed by atoms with Crippen LogP contribution >= 0.6 is 0 Å². The molecule has 2 aromatic carbocycles. The van der Waals surface area contributed by atoms with Crippen molar-refractivity contribution < 1.29 is 4.79 Å². The van der Waals surface area contributed by atoms with Crippen molar-refractivity contribution in [1.82, 2.24) is 20.2 Å². The number of H-pyrrole nitrogens is 2. The molecule has 0 saturated carbocycles. The second kappa shape index (κ2) is 6.45. The molecule has 4 aromatic rings. The summed E-state index contributed by atoms with van der Waals surface area (Å²) in [6.45, 7) is 0. The lowest BCUT2D eigenvalue weighted by atomic mass is 10.1. The summed E-state index contributed by atoms with van der Waals surface area (Å²) in [5, 5.41) is 9.52. The standard InChI is InChI=1S/C19H15N5O/c25-18(17-15(11-21-24-17)13-7-3-1-4-8-13)23-19-20-12-16(22-19)14-9-5-2-6-10-14/h1-12H,(H,21,24)(H2,20,22,23,25). The molecule has 25 heavy (non-hydrogen) atoms. The Morgan fingerprint density at radius 3 is 2.28 bits per heavy atom. The lowest BCUT2D eigenvalue weighted by Crippen LogP contribution is -2.14. The number of hydrogen-bond donors (Lipinski definition) is 3. The Morgan fingerprint density at radius 2 is 1.56 bits per heavy atom. The van der Waals surface area contributed by atoms with Gasteiger partial charge in [0.15, 0.2) is 0 Å². The Hall–Kier alpha value is -3.67. The quantitative estimate of drug-likeness (QED) is 0.533. The molecule has 0 spiro atoms. The van der Waals surface area contributed by atoms with Crippen molar-refractivity contribution in [2.24, 2.45) is 0 Å². The molecule has 6 heteroatoms. The molecule has 0 unspecified atom stereocenters. The largest absolute Gasteiger partial charge is 0.324 e. The van der Waals surface area contributed by atoms with Gasteiger partial charge in [0.2, 0.25) is 5.95 Å². The van der Waals surface area contributed by atoms with E-state index in [-0.39, 0.29) is 5.91 Å². The van der Waals surface area contributed by atoms with Crippen molar-refractivity contribution >= 4 is 11.9 Å². The first-order chi connectivity index (χ1) is 12.3. The van der Waals surface area contributed by atoms with E-state index in [4.69, 9.17) is 0 Å². The van der Waals surface area contributed by atoms with Gasteiger partial charge in [-0.05, 0) is 11.1 Å². The van der Waals surface area contributed by atoms with Crippen LogP contribution in [0.25, 0.3) is 22.4 Å². The summed E-state index contributed by atoms with van der Waals surface area (Å²) in [5.41, 5.74) is 3.90. The van der Waals surface area contributed by atoms with E-state index in [1.54, 1.807) is 12.4 Å². The molecule has 122 valence electrons. The minimum absolute atomic E-state index is 0.301. The number of hydrogen-bond acceptors (Lipinski definition) is 3. The van der Waals surface area contributed by atoms with E-state index in [1.165, 1.54) is 0 Å². The maximum absolute atomic E-state index is 12.6. The zero-order valence-corrected chi connectivity index (χ0v) is 13.2. The highest BCUT2D eigenvalue weighted by atomic mass is 16.2. The molecule has 0 radical (unpaired) electrons. The molecule has 0 aliphatic carbocycles. The highest BCUT2D eigenvalue weighted by Gasteiger charge is 2.16. The van der Waals surface area contributed by atoms with Crippen LogP contribution in [0.2, 0.25) is 0 Å². The number of aromatic amines is 2. The summed E-state index contributed by atoms with van der Waals surface area (Å²) in [5.74, 6) is 0.0859. The van der Waals surface area contributed by atoms with Gasteiger partial charge in [0.25, 0.3) is 5.91 Å². The molecule has 4 rings (SSSR count). The Morgan fingerprint density at radius 1 is 0.880 bits per heavy atom. The first-order valence-electron chi connectivity index (χ1n) is 7.82. The topological polar surface area (TPSA) is 86.5 Å². The van der Waals surface area contributed by atoms with E-state index in [9.17, 15) is 4.79 Å². The number of benzene rings is 2. The second-order valence-electron chi connectivity index (χ2n) is 5.49. The summed E-state index contributed by atoms with van der Waals surface area (Å²) >= 11 is 0. The summed E-state index contributed by atoms with van der Waals surface area (Å²) in [4.78, 5) is 19.9. The van der Waals surface area contributed by atoms with Crippen LogP contribution < -0.4 is 5.32 Å². The Balaban J connectivity index is 1.56. The minimum Gasteiger partial charge on any atom is -0.324 e. The average Bonchev–Trinajstić information content (AvgIpc) is 3.33. The van der Waals surface area contributed by atoms with Crippen molar-refractivity contribution in [1.29, 1.82) is 0 Å². The summed E-state index contributed by atoms with van der Waals surface area (Å²) < 4.78 is 0. The van der Waals surface area contributed by atoms with Crippen molar-refractivity contribution in [2.75, 3.05) is 5.32 Å². The number of amides is 1. The molecule has 0 aliphatic heterocycles. The number of carbonyl (C=O) groups is 1. The van der Waals surface area contributed by atoms with Gasteiger partial charge in [0.1, 0.15) is 5.69 Å². The number of nitrogens with one attached hydrogen (secondary N) is 3. The fourth-order valence-electron chi connectivity index (χ4n) is 2.62. The molecule has 1 amide bonds. The van der Waals surface area contributed by atoms with Crippen LogP contribution in [0.4, 0.5) is 5.95 Å². The third-order valence-electron chi connectivity index (χ3n) is 3.84. The van der Waals surface area contributed by atoms with E-state index in [2.05, 4.69) is 25.5 Å². The van der Waals surface area contributed by atoms with Gasteiger partial charge in [-0.2, -0.15) is 5.10 Å². The molecule has 2 aromatic heterocycles. The van der Waals surface area contributed by atoms with E-state index in [1.807, 2.05) is 60.7 Å². The third kappa shape index (κ3) is 3.05. The Kier molecular flexibility index (Phi) is 3.84. The molecule has 0 fully saturated rings. The lowest BCUT2D eigenvalue weighted by molar-refractivity contribution is 0.102. The lowest BCUT2D eigenvalue weighted by Gasteiger charge is -2.03. The van der Waals surface area contributed by atoms with Crippen molar-refractivity contribution in [2.45, 2.75) is 0 Å². The first kappa shape index (κ1) is 14.9. The predicted octanol–water partition coefficient (Wildman–Crippen LogP) is 3.72. The first-order valence-corrected chi connectivity index (χ1v) is 7.82. The monoisotopic (exact) mass is 329 g/mol. The van der Waals surface area contributed by atoms with Gasteiger partial charge in [-0.25, -0.2) is 4.98 Å². The van der Waals surface area contributed by atoms with Gasteiger partial charge in [0.05, 0.1) is 18.1 Å². The van der Waals surface area contributed by atoms with Crippen LogP contribution in [0.3, 0.4) is 0 Å². The predicted molar refractivity (Wildman–Crippen MR) is 96.0 cm³/mol. The summed E-state index contributed by atoms with van der Waals surface area (Å²) in [6.07, 6.45) is 3.33. The van der Waals surface area contributed by atoms with E-state index >= 15 is 0 Å². The van der Waals surface area contributed by atoms with E-state index in [0.29, 0.717) is 11.6 Å². The zero-order valence-electron chi connectivity index (χ0n) is 13.2. The molecule has 0 bridgehead atoms. The summed E-state index contributed by atoms with van der Waals surface area (Å²) in [6, 6.07) is 19.4. The molecule has 6 nitrogen and oxygen atoms in total. The van der Waals surface area contributed by atoms with Gasteiger partial charge in [-0.1, -0.05) is 60.7 Å². The van der Waals surface area contributed by atoms with Crippen LogP contribution in [0.15, 0.2) is 73.1 Å². The Labute approximate surface area is 144 Å². The van der Waals surface area contributed by atoms with Gasteiger partial charge < -0.3 is 4.98 Å². The number of rotatable bonds is 4.